The Morgan fingerprint density at radius 3 is 2.37 bits per heavy atom. The first-order valence-corrected chi connectivity index (χ1v) is 12.3. The number of ether oxygens (including phenoxy) is 2. The minimum atomic E-state index is 0.0253. The van der Waals surface area contributed by atoms with Crippen molar-refractivity contribution in [1.29, 1.82) is 0 Å². The van der Waals surface area contributed by atoms with Gasteiger partial charge in [0.2, 0.25) is 0 Å². The van der Waals surface area contributed by atoms with Crippen LogP contribution in [0.1, 0.15) is 21.7 Å². The van der Waals surface area contributed by atoms with Gasteiger partial charge < -0.3 is 19.3 Å². The highest BCUT2D eigenvalue weighted by molar-refractivity contribution is 7.07. The molecule has 0 atom stereocenters. The lowest BCUT2D eigenvalue weighted by atomic mass is 10.1. The Hall–Kier alpha value is -3.91. The second kappa shape index (κ2) is 10.6. The van der Waals surface area contributed by atoms with Gasteiger partial charge >= 0.3 is 0 Å². The fraction of sp³-hybridized carbons (Fsp3) is 0.222. The summed E-state index contributed by atoms with van der Waals surface area (Å²) in [5, 5.41) is 0.488. The zero-order chi connectivity index (χ0) is 24.0. The highest BCUT2D eigenvalue weighted by Gasteiger charge is 2.23. The summed E-state index contributed by atoms with van der Waals surface area (Å²) in [6.45, 7) is 2.83. The Balaban J connectivity index is 1.16. The number of hydrogen-bond donors (Lipinski definition) is 0. The molecule has 178 valence electrons. The lowest BCUT2D eigenvalue weighted by Crippen LogP contribution is -2.48. The van der Waals surface area contributed by atoms with E-state index in [1.165, 1.54) is 11.5 Å². The van der Waals surface area contributed by atoms with Crippen LogP contribution in [0.3, 0.4) is 0 Å². The van der Waals surface area contributed by atoms with Crippen LogP contribution in [0, 0.1) is 0 Å². The number of piperazine rings is 1. The smallest absolute Gasteiger partial charge is 0.298 e. The van der Waals surface area contributed by atoms with Crippen molar-refractivity contribution >= 4 is 23.1 Å². The Kier molecular flexibility index (Phi) is 6.90. The number of carbonyl (C=O) groups excluding carboxylic acids is 1. The van der Waals surface area contributed by atoms with Crippen LogP contribution in [-0.2, 0) is 6.42 Å². The fourth-order valence-electron chi connectivity index (χ4n) is 4.12. The minimum absolute atomic E-state index is 0.0253. The van der Waals surface area contributed by atoms with E-state index in [9.17, 15) is 4.79 Å². The van der Waals surface area contributed by atoms with Gasteiger partial charge in [-0.1, -0.05) is 42.5 Å². The maximum Gasteiger partial charge on any atom is 0.298 e. The SMILES string of the molecule is COc1ccccc1N1CCN(C(=O)c2ccc(Oc3nc(Cc4ccccc4)ns3)cc2)CC1. The van der Waals surface area contributed by atoms with Gasteiger partial charge in [-0.3, -0.25) is 4.79 Å². The summed E-state index contributed by atoms with van der Waals surface area (Å²) in [5.41, 5.74) is 2.86. The monoisotopic (exact) mass is 486 g/mol. The first kappa shape index (κ1) is 22.9. The molecule has 35 heavy (non-hydrogen) atoms. The van der Waals surface area contributed by atoms with Gasteiger partial charge in [-0.2, -0.15) is 9.36 Å². The van der Waals surface area contributed by atoms with Crippen molar-refractivity contribution in [3.63, 3.8) is 0 Å². The summed E-state index contributed by atoms with van der Waals surface area (Å²) >= 11 is 1.23. The molecular formula is C27H26N4O3S. The van der Waals surface area contributed by atoms with Crippen molar-refractivity contribution in [3.8, 4) is 16.7 Å². The molecule has 8 heteroatoms. The molecule has 0 bridgehead atoms. The number of methoxy groups -OCH3 is 1. The van der Waals surface area contributed by atoms with E-state index in [0.29, 0.717) is 36.0 Å². The number of carbonyl (C=O) groups is 1. The van der Waals surface area contributed by atoms with E-state index in [0.717, 1.165) is 35.9 Å². The lowest BCUT2D eigenvalue weighted by molar-refractivity contribution is 0.0746. The molecule has 0 spiro atoms. The van der Waals surface area contributed by atoms with E-state index in [2.05, 4.69) is 32.5 Å². The van der Waals surface area contributed by atoms with E-state index in [4.69, 9.17) is 9.47 Å². The molecule has 1 aromatic heterocycles. The van der Waals surface area contributed by atoms with Gasteiger partial charge in [-0.25, -0.2) is 0 Å². The Labute approximate surface area is 208 Å². The highest BCUT2D eigenvalue weighted by Crippen LogP contribution is 2.29. The molecular weight excluding hydrogens is 460 g/mol. The lowest BCUT2D eigenvalue weighted by Gasteiger charge is -2.36. The average molecular weight is 487 g/mol. The molecule has 1 saturated heterocycles. The second-order valence-corrected chi connectivity index (χ2v) is 8.93. The first-order chi connectivity index (χ1) is 17.2. The largest absolute Gasteiger partial charge is 0.495 e. The van der Waals surface area contributed by atoms with E-state index in [-0.39, 0.29) is 5.91 Å². The van der Waals surface area contributed by atoms with Gasteiger partial charge in [-0.05, 0) is 42.0 Å². The number of benzene rings is 3. The molecule has 0 unspecified atom stereocenters. The fourth-order valence-corrected chi connectivity index (χ4v) is 4.69. The summed E-state index contributed by atoms with van der Waals surface area (Å²) < 4.78 is 15.7. The van der Waals surface area contributed by atoms with Crippen LogP contribution in [0.25, 0.3) is 0 Å². The Morgan fingerprint density at radius 1 is 0.914 bits per heavy atom. The van der Waals surface area contributed by atoms with Crippen LogP contribution in [0.4, 0.5) is 5.69 Å². The maximum absolute atomic E-state index is 13.0. The molecule has 1 aliphatic rings. The maximum atomic E-state index is 13.0. The number of anilines is 1. The predicted molar refractivity (Wildman–Crippen MR) is 137 cm³/mol. The van der Waals surface area contributed by atoms with Crippen LogP contribution in [0.15, 0.2) is 78.9 Å². The van der Waals surface area contributed by atoms with Crippen LogP contribution >= 0.6 is 11.5 Å². The van der Waals surface area contributed by atoms with Crippen LogP contribution in [0.5, 0.6) is 16.7 Å². The van der Waals surface area contributed by atoms with Crippen LogP contribution in [0.2, 0.25) is 0 Å². The van der Waals surface area contributed by atoms with Gasteiger partial charge in [0, 0.05) is 49.7 Å². The second-order valence-electron chi connectivity index (χ2n) is 8.22. The molecule has 7 nitrogen and oxygen atoms in total. The van der Waals surface area contributed by atoms with Gasteiger partial charge in [0.25, 0.3) is 11.1 Å². The third-order valence-electron chi connectivity index (χ3n) is 5.95. The zero-order valence-electron chi connectivity index (χ0n) is 19.5. The summed E-state index contributed by atoms with van der Waals surface area (Å²) in [5.74, 6) is 2.24. The number of amides is 1. The van der Waals surface area contributed by atoms with Crippen molar-refractivity contribution in [2.75, 3.05) is 38.2 Å². The normalized spacial score (nSPS) is 13.5. The van der Waals surface area contributed by atoms with Crippen molar-refractivity contribution in [3.05, 3.63) is 95.8 Å². The molecule has 0 aliphatic carbocycles. The third kappa shape index (κ3) is 5.44. The molecule has 2 heterocycles. The van der Waals surface area contributed by atoms with Crippen molar-refractivity contribution in [2.45, 2.75) is 6.42 Å². The van der Waals surface area contributed by atoms with Crippen LogP contribution in [-0.4, -0.2) is 53.5 Å². The van der Waals surface area contributed by atoms with E-state index in [1.54, 1.807) is 31.4 Å². The molecule has 0 radical (unpaired) electrons. The first-order valence-electron chi connectivity index (χ1n) is 11.5. The molecule has 3 aromatic carbocycles. The van der Waals surface area contributed by atoms with Crippen LogP contribution < -0.4 is 14.4 Å². The number of nitrogens with zero attached hydrogens (tertiary/aromatic N) is 4. The van der Waals surface area contributed by atoms with Crippen molar-refractivity contribution < 1.29 is 14.3 Å². The number of para-hydroxylation sites is 2. The summed E-state index contributed by atoms with van der Waals surface area (Å²) in [4.78, 5) is 21.7. The summed E-state index contributed by atoms with van der Waals surface area (Å²) in [7, 11) is 1.68. The van der Waals surface area contributed by atoms with E-state index in [1.807, 2.05) is 41.3 Å². The van der Waals surface area contributed by atoms with Gasteiger partial charge in [-0.15, -0.1) is 0 Å². The zero-order valence-corrected chi connectivity index (χ0v) is 20.3. The minimum Gasteiger partial charge on any atom is -0.495 e. The quantitative estimate of drug-likeness (QED) is 0.370. The molecule has 1 fully saturated rings. The van der Waals surface area contributed by atoms with Crippen molar-refractivity contribution in [2.24, 2.45) is 0 Å². The molecule has 0 saturated carbocycles. The Morgan fingerprint density at radius 2 is 1.63 bits per heavy atom. The number of aromatic nitrogens is 2. The number of rotatable bonds is 7. The molecule has 5 rings (SSSR count). The Bertz CT molecular complexity index is 1270. The molecule has 1 amide bonds. The summed E-state index contributed by atoms with van der Waals surface area (Å²) in [6.07, 6.45) is 0.665. The van der Waals surface area contributed by atoms with Gasteiger partial charge in [0.1, 0.15) is 11.5 Å². The van der Waals surface area contributed by atoms with Crippen molar-refractivity contribution in [1.82, 2.24) is 14.3 Å². The molecule has 0 N–H and O–H groups in total. The standard InChI is InChI=1S/C27H26N4O3S/c1-33-24-10-6-5-9-23(24)30-15-17-31(18-16-30)26(32)21-11-13-22(14-12-21)34-27-28-25(29-35-27)19-20-7-3-2-4-8-20/h2-14H,15-19H2,1H3. The third-order valence-corrected chi connectivity index (χ3v) is 6.59. The highest BCUT2D eigenvalue weighted by atomic mass is 32.1. The average Bonchev–Trinajstić information content (AvgIpc) is 3.36. The number of hydrogen-bond acceptors (Lipinski definition) is 7. The molecule has 1 aliphatic heterocycles. The predicted octanol–water partition coefficient (Wildman–Crippen LogP) is 4.89. The van der Waals surface area contributed by atoms with E-state index < -0.39 is 0 Å². The molecule has 4 aromatic rings. The van der Waals surface area contributed by atoms with E-state index >= 15 is 0 Å². The van der Waals surface area contributed by atoms with Gasteiger partial charge in [0.15, 0.2) is 5.82 Å². The summed E-state index contributed by atoms with van der Waals surface area (Å²) in [6, 6.07) is 25.3. The topological polar surface area (TPSA) is 67.8 Å². The van der Waals surface area contributed by atoms with Gasteiger partial charge in [0.05, 0.1) is 12.8 Å².